The van der Waals surface area contributed by atoms with Crippen molar-refractivity contribution in [1.82, 2.24) is 14.2 Å². The fourth-order valence-electron chi connectivity index (χ4n) is 5.16. The molecule has 0 radical (unpaired) electrons. The summed E-state index contributed by atoms with van der Waals surface area (Å²) in [5.74, 6) is 2.32. The van der Waals surface area contributed by atoms with Gasteiger partial charge in [0, 0.05) is 34.3 Å². The van der Waals surface area contributed by atoms with E-state index in [9.17, 15) is 4.79 Å². The van der Waals surface area contributed by atoms with Crippen LogP contribution in [0.5, 0.6) is 11.5 Å². The Labute approximate surface area is 234 Å². The maximum absolute atomic E-state index is 13.8. The van der Waals surface area contributed by atoms with Crippen LogP contribution in [0.1, 0.15) is 47.8 Å². The lowest BCUT2D eigenvalue weighted by Gasteiger charge is -2.17. The third kappa shape index (κ3) is 4.79. The van der Waals surface area contributed by atoms with Crippen molar-refractivity contribution in [3.63, 3.8) is 0 Å². The number of methoxy groups -OCH3 is 2. The van der Waals surface area contributed by atoms with Crippen LogP contribution < -0.4 is 15.0 Å². The molecule has 0 unspecified atom stereocenters. The summed E-state index contributed by atoms with van der Waals surface area (Å²) < 4.78 is 14.6. The Kier molecular flexibility index (Phi) is 7.30. The lowest BCUT2D eigenvalue weighted by Crippen LogP contribution is -2.21. The van der Waals surface area contributed by atoms with Crippen molar-refractivity contribution < 1.29 is 9.47 Å². The molecule has 0 saturated carbocycles. The molecule has 0 saturated heterocycles. The van der Waals surface area contributed by atoms with Gasteiger partial charge in [-0.25, -0.2) is 4.98 Å². The maximum Gasteiger partial charge on any atom is 0.282 e. The highest BCUT2D eigenvalue weighted by molar-refractivity contribution is 5.84. The SMILES string of the molecule is COc1cccc(-n2c(C)cc(C=Nn3c(-c4cc(C(C)C)c(OC)cc4C)nc4ccccc4c3=O)c2C)c1. The van der Waals surface area contributed by atoms with Crippen molar-refractivity contribution in [2.24, 2.45) is 5.10 Å². The number of nitrogens with zero attached hydrogens (tertiary/aromatic N) is 4. The van der Waals surface area contributed by atoms with E-state index >= 15 is 0 Å². The van der Waals surface area contributed by atoms with Gasteiger partial charge >= 0.3 is 0 Å². The molecule has 5 rings (SSSR count). The minimum absolute atomic E-state index is 0.222. The largest absolute Gasteiger partial charge is 0.497 e. The summed E-state index contributed by atoms with van der Waals surface area (Å²) >= 11 is 0. The Morgan fingerprint density at radius 3 is 2.42 bits per heavy atom. The number of hydrogen-bond donors (Lipinski definition) is 0. The van der Waals surface area contributed by atoms with E-state index < -0.39 is 0 Å². The summed E-state index contributed by atoms with van der Waals surface area (Å²) in [4.78, 5) is 18.7. The average Bonchev–Trinajstić information content (AvgIpc) is 3.24. The lowest BCUT2D eigenvalue weighted by atomic mass is 9.96. The number of fused-ring (bicyclic) bond motifs is 1. The van der Waals surface area contributed by atoms with Gasteiger partial charge in [-0.1, -0.05) is 32.0 Å². The lowest BCUT2D eigenvalue weighted by molar-refractivity contribution is 0.407. The van der Waals surface area contributed by atoms with E-state index in [4.69, 9.17) is 19.6 Å². The maximum atomic E-state index is 13.8. The van der Waals surface area contributed by atoms with Gasteiger partial charge in [-0.3, -0.25) is 4.79 Å². The van der Waals surface area contributed by atoms with Crippen molar-refractivity contribution in [3.8, 4) is 28.6 Å². The van der Waals surface area contributed by atoms with Crippen LogP contribution in [-0.2, 0) is 0 Å². The minimum atomic E-state index is -0.222. The molecule has 0 fully saturated rings. The zero-order valence-corrected chi connectivity index (χ0v) is 24.0. The van der Waals surface area contributed by atoms with E-state index in [-0.39, 0.29) is 11.5 Å². The third-order valence-electron chi connectivity index (χ3n) is 7.29. The standard InChI is InChI=1S/C33H34N4O3/c1-20(2)28-18-29(21(3)15-31(28)40-7)32-35-30-14-9-8-13-27(30)33(38)37(32)34-19-24-16-22(4)36(23(24)5)25-11-10-12-26(17-25)39-6/h8-20H,1-7H3. The Morgan fingerprint density at radius 1 is 0.925 bits per heavy atom. The monoisotopic (exact) mass is 534 g/mol. The summed E-state index contributed by atoms with van der Waals surface area (Å²) in [6, 6.07) is 21.4. The minimum Gasteiger partial charge on any atom is -0.497 e. The second-order valence-electron chi connectivity index (χ2n) is 10.2. The molecular formula is C33H34N4O3. The van der Waals surface area contributed by atoms with Gasteiger partial charge in [0.15, 0.2) is 5.82 Å². The highest BCUT2D eigenvalue weighted by atomic mass is 16.5. The van der Waals surface area contributed by atoms with E-state index in [1.54, 1.807) is 26.5 Å². The second kappa shape index (κ2) is 10.8. The number of para-hydroxylation sites is 1. The number of rotatable bonds is 7. The van der Waals surface area contributed by atoms with Gasteiger partial charge in [-0.05, 0) is 80.3 Å². The van der Waals surface area contributed by atoms with Crippen LogP contribution in [0.3, 0.4) is 0 Å². The quantitative estimate of drug-likeness (QED) is 0.215. The van der Waals surface area contributed by atoms with Crippen molar-refractivity contribution in [2.45, 2.75) is 40.5 Å². The smallest absolute Gasteiger partial charge is 0.282 e. The van der Waals surface area contributed by atoms with Crippen LogP contribution in [0.2, 0.25) is 0 Å². The van der Waals surface area contributed by atoms with E-state index in [2.05, 4.69) is 30.5 Å². The van der Waals surface area contributed by atoms with Crippen molar-refractivity contribution in [2.75, 3.05) is 14.2 Å². The van der Waals surface area contributed by atoms with Gasteiger partial charge in [0.2, 0.25) is 0 Å². The summed E-state index contributed by atoms with van der Waals surface area (Å²) in [5.41, 5.74) is 7.18. The van der Waals surface area contributed by atoms with Crippen LogP contribution in [0.25, 0.3) is 28.0 Å². The zero-order chi connectivity index (χ0) is 28.6. The van der Waals surface area contributed by atoms with E-state index in [1.807, 2.05) is 69.3 Å². The molecule has 0 atom stereocenters. The zero-order valence-electron chi connectivity index (χ0n) is 24.0. The fraction of sp³-hybridized carbons (Fsp3) is 0.242. The first-order chi connectivity index (χ1) is 19.2. The van der Waals surface area contributed by atoms with Gasteiger partial charge in [-0.15, -0.1) is 0 Å². The predicted octanol–water partition coefficient (Wildman–Crippen LogP) is 6.80. The molecule has 7 nitrogen and oxygen atoms in total. The summed E-state index contributed by atoms with van der Waals surface area (Å²) in [5, 5.41) is 5.27. The second-order valence-corrected chi connectivity index (χ2v) is 10.2. The molecule has 0 spiro atoms. The molecule has 0 bridgehead atoms. The Hall–Kier alpha value is -4.65. The fourth-order valence-corrected chi connectivity index (χ4v) is 5.16. The summed E-state index contributed by atoms with van der Waals surface area (Å²) in [7, 11) is 3.34. The van der Waals surface area contributed by atoms with Crippen LogP contribution >= 0.6 is 0 Å². The molecule has 0 aliphatic carbocycles. The molecule has 7 heteroatoms. The Bertz CT molecular complexity index is 1810. The number of aryl methyl sites for hydroxylation is 2. The van der Waals surface area contributed by atoms with E-state index in [0.717, 1.165) is 50.8 Å². The summed E-state index contributed by atoms with van der Waals surface area (Å²) in [6.07, 6.45) is 1.74. The van der Waals surface area contributed by atoms with Crippen molar-refractivity contribution >= 4 is 17.1 Å². The van der Waals surface area contributed by atoms with Gasteiger partial charge in [0.1, 0.15) is 11.5 Å². The topological polar surface area (TPSA) is 70.6 Å². The number of ether oxygens (including phenoxy) is 2. The van der Waals surface area contributed by atoms with Crippen LogP contribution in [0, 0.1) is 20.8 Å². The van der Waals surface area contributed by atoms with Crippen LogP contribution in [0.4, 0.5) is 0 Å². The van der Waals surface area contributed by atoms with E-state index in [0.29, 0.717) is 16.7 Å². The van der Waals surface area contributed by atoms with Gasteiger partial charge in [-0.2, -0.15) is 9.78 Å². The first-order valence-corrected chi connectivity index (χ1v) is 13.3. The third-order valence-corrected chi connectivity index (χ3v) is 7.29. The van der Waals surface area contributed by atoms with Crippen LogP contribution in [-0.4, -0.2) is 34.7 Å². The average molecular weight is 535 g/mol. The van der Waals surface area contributed by atoms with Crippen molar-refractivity contribution in [1.29, 1.82) is 0 Å². The number of hydrogen-bond acceptors (Lipinski definition) is 5. The van der Waals surface area contributed by atoms with Crippen molar-refractivity contribution in [3.05, 3.63) is 105 Å². The first kappa shape index (κ1) is 26.9. The molecule has 0 aliphatic heterocycles. The highest BCUT2D eigenvalue weighted by Crippen LogP contribution is 2.34. The predicted molar refractivity (Wildman–Crippen MR) is 162 cm³/mol. The Morgan fingerprint density at radius 2 is 1.70 bits per heavy atom. The number of benzene rings is 3. The Balaban J connectivity index is 1.70. The molecule has 0 amide bonds. The molecule has 0 N–H and O–H groups in total. The first-order valence-electron chi connectivity index (χ1n) is 13.3. The van der Waals surface area contributed by atoms with Gasteiger partial charge < -0.3 is 14.0 Å². The normalized spacial score (nSPS) is 11.6. The molecular weight excluding hydrogens is 500 g/mol. The molecule has 5 aromatic rings. The molecule has 2 heterocycles. The molecule has 40 heavy (non-hydrogen) atoms. The molecule has 3 aromatic carbocycles. The van der Waals surface area contributed by atoms with E-state index in [1.165, 1.54) is 4.68 Å². The highest BCUT2D eigenvalue weighted by Gasteiger charge is 2.19. The van der Waals surface area contributed by atoms with Gasteiger partial charge in [0.05, 0.1) is 31.3 Å². The number of aromatic nitrogens is 3. The molecule has 0 aliphatic rings. The molecule has 2 aromatic heterocycles. The van der Waals surface area contributed by atoms with Crippen LogP contribution in [0.15, 0.2) is 76.6 Å². The molecule has 204 valence electrons. The van der Waals surface area contributed by atoms with Gasteiger partial charge in [0.25, 0.3) is 5.56 Å². The summed E-state index contributed by atoms with van der Waals surface area (Å²) in [6.45, 7) is 10.3.